The fraction of sp³-hybridized carbons (Fsp3) is 0.667. The molecule has 2 aromatic rings. The first-order chi connectivity index (χ1) is 16.0. The van der Waals surface area contributed by atoms with E-state index in [1.807, 2.05) is 18.2 Å². The van der Waals surface area contributed by atoms with Gasteiger partial charge in [0.05, 0.1) is 18.3 Å². The van der Waals surface area contributed by atoms with Crippen molar-refractivity contribution in [1.29, 1.82) is 0 Å². The van der Waals surface area contributed by atoms with Gasteiger partial charge in [0, 0.05) is 44.9 Å². The Kier molecular flexibility index (Phi) is 8.45. The van der Waals surface area contributed by atoms with E-state index in [4.69, 9.17) is 9.26 Å². The van der Waals surface area contributed by atoms with Crippen LogP contribution in [-0.4, -0.2) is 60.7 Å². The molecule has 1 atom stereocenters. The van der Waals surface area contributed by atoms with E-state index in [9.17, 15) is 5.11 Å². The molecule has 1 aromatic carbocycles. The molecule has 33 heavy (non-hydrogen) atoms. The SMILES string of the molecule is CC(C)COCC(O)CN(Cc1c(-c2ccccc2)noc1N1CCC(C)CC1)CC1CC1. The number of nitrogens with zero attached hydrogens (tertiary/aromatic N) is 3. The second kappa shape index (κ2) is 11.5. The van der Waals surface area contributed by atoms with Gasteiger partial charge in [-0.3, -0.25) is 4.90 Å². The van der Waals surface area contributed by atoms with E-state index < -0.39 is 6.10 Å². The Labute approximate surface area is 198 Å². The smallest absolute Gasteiger partial charge is 0.232 e. The average Bonchev–Trinajstić information content (AvgIpc) is 3.52. The first kappa shape index (κ1) is 24.2. The Morgan fingerprint density at radius 1 is 1.12 bits per heavy atom. The zero-order valence-electron chi connectivity index (χ0n) is 20.6. The van der Waals surface area contributed by atoms with Crippen LogP contribution in [0.1, 0.15) is 52.0 Å². The summed E-state index contributed by atoms with van der Waals surface area (Å²) in [5.41, 5.74) is 3.15. The van der Waals surface area contributed by atoms with Gasteiger partial charge in [0.15, 0.2) is 0 Å². The summed E-state index contributed by atoms with van der Waals surface area (Å²) >= 11 is 0. The van der Waals surface area contributed by atoms with Crippen molar-refractivity contribution in [2.45, 2.75) is 59.1 Å². The number of piperidine rings is 1. The topological polar surface area (TPSA) is 62.0 Å². The number of benzene rings is 1. The van der Waals surface area contributed by atoms with Gasteiger partial charge in [0.2, 0.25) is 5.88 Å². The van der Waals surface area contributed by atoms with E-state index in [1.54, 1.807) is 0 Å². The summed E-state index contributed by atoms with van der Waals surface area (Å²) in [5.74, 6) is 2.87. The van der Waals surface area contributed by atoms with Crippen molar-refractivity contribution in [2.75, 3.05) is 44.3 Å². The van der Waals surface area contributed by atoms with Gasteiger partial charge in [-0.05, 0) is 43.4 Å². The molecule has 1 aliphatic carbocycles. The summed E-state index contributed by atoms with van der Waals surface area (Å²) in [5, 5.41) is 15.3. The molecule has 182 valence electrons. The van der Waals surface area contributed by atoms with Crippen LogP contribution in [0.3, 0.4) is 0 Å². The summed E-state index contributed by atoms with van der Waals surface area (Å²) in [6.45, 7) is 12.0. The van der Waals surface area contributed by atoms with E-state index in [0.717, 1.165) is 60.7 Å². The third kappa shape index (κ3) is 7.05. The van der Waals surface area contributed by atoms with Crippen LogP contribution < -0.4 is 4.90 Å². The molecule has 0 amide bonds. The third-order valence-corrected chi connectivity index (χ3v) is 6.71. The summed E-state index contributed by atoms with van der Waals surface area (Å²) in [6, 6.07) is 10.3. The van der Waals surface area contributed by atoms with Crippen molar-refractivity contribution in [3.05, 3.63) is 35.9 Å². The van der Waals surface area contributed by atoms with Gasteiger partial charge in [-0.25, -0.2) is 0 Å². The van der Waals surface area contributed by atoms with Crippen LogP contribution in [0.15, 0.2) is 34.9 Å². The van der Waals surface area contributed by atoms with Gasteiger partial charge in [-0.2, -0.15) is 0 Å². The zero-order chi connectivity index (χ0) is 23.2. The van der Waals surface area contributed by atoms with E-state index in [1.165, 1.54) is 25.7 Å². The first-order valence-electron chi connectivity index (χ1n) is 12.8. The molecule has 4 rings (SSSR count). The van der Waals surface area contributed by atoms with Crippen molar-refractivity contribution in [2.24, 2.45) is 17.8 Å². The molecule has 6 nitrogen and oxygen atoms in total. The zero-order valence-corrected chi connectivity index (χ0v) is 20.6. The van der Waals surface area contributed by atoms with Crippen LogP contribution in [0.25, 0.3) is 11.3 Å². The molecule has 0 spiro atoms. The Bertz CT molecular complexity index is 842. The minimum Gasteiger partial charge on any atom is -0.389 e. The predicted molar refractivity (Wildman–Crippen MR) is 132 cm³/mol. The lowest BCUT2D eigenvalue weighted by atomic mass is 9.98. The second-order valence-corrected chi connectivity index (χ2v) is 10.6. The van der Waals surface area contributed by atoms with Gasteiger partial charge in [-0.1, -0.05) is 56.3 Å². The minimum atomic E-state index is -0.498. The third-order valence-electron chi connectivity index (χ3n) is 6.71. The summed E-state index contributed by atoms with van der Waals surface area (Å²) in [6.07, 6.45) is 4.42. The molecule has 1 aliphatic heterocycles. The van der Waals surface area contributed by atoms with Gasteiger partial charge >= 0.3 is 0 Å². The normalized spacial score (nSPS) is 18.4. The van der Waals surface area contributed by atoms with Gasteiger partial charge in [0.25, 0.3) is 0 Å². The standard InChI is InChI=1S/C27H41N3O3/c1-20(2)18-32-19-24(31)16-29(15-22-9-10-22)17-25-26(23-7-5-4-6-8-23)28-33-27(25)30-13-11-21(3)12-14-30/h4-8,20-22,24,31H,9-19H2,1-3H3. The first-order valence-corrected chi connectivity index (χ1v) is 12.8. The van der Waals surface area contributed by atoms with Crippen LogP contribution in [0.4, 0.5) is 5.88 Å². The lowest BCUT2D eigenvalue weighted by Crippen LogP contribution is -2.37. The van der Waals surface area contributed by atoms with E-state index >= 15 is 0 Å². The Morgan fingerprint density at radius 2 is 1.85 bits per heavy atom. The molecule has 0 radical (unpaired) electrons. The summed E-state index contributed by atoms with van der Waals surface area (Å²) < 4.78 is 11.7. The highest BCUT2D eigenvalue weighted by atomic mass is 16.5. The Morgan fingerprint density at radius 3 is 2.52 bits per heavy atom. The second-order valence-electron chi connectivity index (χ2n) is 10.6. The van der Waals surface area contributed by atoms with Crippen molar-refractivity contribution in [3.63, 3.8) is 0 Å². The van der Waals surface area contributed by atoms with Crippen molar-refractivity contribution in [3.8, 4) is 11.3 Å². The lowest BCUT2D eigenvalue weighted by Gasteiger charge is -2.31. The molecule has 1 aromatic heterocycles. The van der Waals surface area contributed by atoms with Crippen LogP contribution in [0.2, 0.25) is 0 Å². The fourth-order valence-corrected chi connectivity index (χ4v) is 4.61. The molecular formula is C27H41N3O3. The molecule has 6 heteroatoms. The lowest BCUT2D eigenvalue weighted by molar-refractivity contribution is 0.00621. The largest absolute Gasteiger partial charge is 0.389 e. The monoisotopic (exact) mass is 455 g/mol. The maximum atomic E-state index is 10.7. The molecule has 1 saturated carbocycles. The quantitative estimate of drug-likeness (QED) is 0.495. The molecular weight excluding hydrogens is 414 g/mol. The number of hydrogen-bond acceptors (Lipinski definition) is 6. The fourth-order valence-electron chi connectivity index (χ4n) is 4.61. The van der Waals surface area contributed by atoms with Gasteiger partial charge in [0.1, 0.15) is 5.69 Å². The molecule has 2 fully saturated rings. The highest BCUT2D eigenvalue weighted by molar-refractivity contribution is 5.68. The van der Waals surface area contributed by atoms with Crippen molar-refractivity contribution in [1.82, 2.24) is 10.1 Å². The highest BCUT2D eigenvalue weighted by Crippen LogP contribution is 2.36. The average molecular weight is 456 g/mol. The highest BCUT2D eigenvalue weighted by Gasteiger charge is 2.30. The predicted octanol–water partition coefficient (Wildman–Crippen LogP) is 4.82. The molecule has 0 bridgehead atoms. The van der Waals surface area contributed by atoms with Crippen LogP contribution in [0, 0.1) is 17.8 Å². The number of ether oxygens (including phenoxy) is 1. The molecule has 1 saturated heterocycles. The molecule has 2 aliphatic rings. The van der Waals surface area contributed by atoms with Crippen LogP contribution in [-0.2, 0) is 11.3 Å². The van der Waals surface area contributed by atoms with E-state index in [-0.39, 0.29) is 0 Å². The number of aromatic nitrogens is 1. The Balaban J connectivity index is 1.53. The number of hydrogen-bond donors (Lipinski definition) is 1. The molecule has 1 N–H and O–H groups in total. The maximum absolute atomic E-state index is 10.7. The maximum Gasteiger partial charge on any atom is 0.232 e. The van der Waals surface area contributed by atoms with E-state index in [2.05, 4.69) is 47.9 Å². The van der Waals surface area contributed by atoms with Crippen LogP contribution >= 0.6 is 0 Å². The van der Waals surface area contributed by atoms with Crippen molar-refractivity contribution < 1.29 is 14.4 Å². The summed E-state index contributed by atoms with van der Waals surface area (Å²) in [4.78, 5) is 4.75. The minimum absolute atomic E-state index is 0.380. The number of rotatable bonds is 12. The summed E-state index contributed by atoms with van der Waals surface area (Å²) in [7, 11) is 0. The van der Waals surface area contributed by atoms with Gasteiger partial charge in [-0.15, -0.1) is 0 Å². The Hall–Kier alpha value is -1.89. The molecule has 2 heterocycles. The van der Waals surface area contributed by atoms with Gasteiger partial charge < -0.3 is 19.3 Å². The number of aliphatic hydroxyl groups is 1. The van der Waals surface area contributed by atoms with E-state index in [0.29, 0.717) is 25.7 Å². The van der Waals surface area contributed by atoms with Crippen molar-refractivity contribution >= 4 is 5.88 Å². The number of aliphatic hydroxyl groups excluding tert-OH is 1. The molecule has 1 unspecified atom stereocenters. The van der Waals surface area contributed by atoms with Crippen LogP contribution in [0.5, 0.6) is 0 Å². The number of anilines is 1.